The van der Waals surface area contributed by atoms with Gasteiger partial charge >= 0.3 is 0 Å². The second-order valence-corrected chi connectivity index (χ2v) is 7.51. The number of hydrogen-bond acceptors (Lipinski definition) is 2. The maximum Gasteiger partial charge on any atom is 0.267 e. The molecule has 0 saturated carbocycles. The Balaban J connectivity index is 1.51. The van der Waals surface area contributed by atoms with E-state index in [2.05, 4.69) is 37.3 Å². The van der Waals surface area contributed by atoms with E-state index in [4.69, 9.17) is 11.6 Å². The lowest BCUT2D eigenvalue weighted by atomic mass is 10.1. The van der Waals surface area contributed by atoms with E-state index in [0.29, 0.717) is 23.8 Å². The highest BCUT2D eigenvalue weighted by molar-refractivity contribution is 9.10. The minimum Gasteiger partial charge on any atom is -0.350 e. The van der Waals surface area contributed by atoms with Crippen LogP contribution in [-0.2, 0) is 13.1 Å². The summed E-state index contributed by atoms with van der Waals surface area (Å²) in [5, 5.41) is 4.52. The van der Waals surface area contributed by atoms with Gasteiger partial charge in [0, 0.05) is 45.9 Å². The van der Waals surface area contributed by atoms with Gasteiger partial charge in [0.25, 0.3) is 5.91 Å². The van der Waals surface area contributed by atoms with Gasteiger partial charge in [0.15, 0.2) is 0 Å². The molecule has 0 aliphatic carbocycles. The number of H-pyrrole nitrogens is 1. The fourth-order valence-electron chi connectivity index (χ4n) is 3.01. The van der Waals surface area contributed by atoms with Crippen molar-refractivity contribution in [1.82, 2.24) is 19.9 Å². The van der Waals surface area contributed by atoms with Crippen molar-refractivity contribution in [2.45, 2.75) is 13.1 Å². The van der Waals surface area contributed by atoms with E-state index < -0.39 is 0 Å². The highest BCUT2D eigenvalue weighted by atomic mass is 79.9. The molecule has 1 amide bonds. The predicted molar refractivity (Wildman–Crippen MR) is 110 cm³/mol. The Labute approximate surface area is 169 Å². The number of fused-ring (bicyclic) bond motifs is 1. The fourth-order valence-corrected chi connectivity index (χ4v) is 3.94. The number of benzene rings is 2. The van der Waals surface area contributed by atoms with Crippen molar-refractivity contribution in [1.29, 1.82) is 0 Å². The number of aromatic nitrogens is 3. The number of rotatable bonds is 5. The number of halogens is 2. The molecule has 0 unspecified atom stereocenters. The highest BCUT2D eigenvalue weighted by Crippen LogP contribution is 2.28. The van der Waals surface area contributed by atoms with E-state index in [9.17, 15) is 4.79 Å². The molecule has 136 valence electrons. The SMILES string of the molecule is O=C(NCc1ccccc1Cn1ccnc1)c1cc2c(Br)cc(Cl)cc2[nH]1. The predicted octanol–water partition coefficient (Wildman–Crippen LogP) is 4.76. The second-order valence-electron chi connectivity index (χ2n) is 6.22. The molecule has 2 heterocycles. The lowest BCUT2D eigenvalue weighted by Crippen LogP contribution is -2.23. The quantitative estimate of drug-likeness (QED) is 0.467. The van der Waals surface area contributed by atoms with Crippen LogP contribution in [0.3, 0.4) is 0 Å². The van der Waals surface area contributed by atoms with Gasteiger partial charge in [-0.15, -0.1) is 0 Å². The summed E-state index contributed by atoms with van der Waals surface area (Å²) in [6.45, 7) is 1.16. The van der Waals surface area contributed by atoms with Crippen LogP contribution in [0.5, 0.6) is 0 Å². The lowest BCUT2D eigenvalue weighted by molar-refractivity contribution is 0.0946. The van der Waals surface area contributed by atoms with Crippen LogP contribution in [0.4, 0.5) is 0 Å². The summed E-state index contributed by atoms with van der Waals surface area (Å²) >= 11 is 9.55. The first-order valence-electron chi connectivity index (χ1n) is 8.38. The molecule has 0 radical (unpaired) electrons. The van der Waals surface area contributed by atoms with E-state index in [1.807, 2.05) is 41.1 Å². The van der Waals surface area contributed by atoms with Crippen molar-refractivity contribution < 1.29 is 4.79 Å². The molecule has 0 bridgehead atoms. The third kappa shape index (κ3) is 3.91. The van der Waals surface area contributed by atoms with Gasteiger partial charge in [-0.25, -0.2) is 4.98 Å². The first-order valence-corrected chi connectivity index (χ1v) is 9.56. The number of nitrogens with one attached hydrogen (secondary N) is 2. The summed E-state index contributed by atoms with van der Waals surface area (Å²) in [6.07, 6.45) is 5.45. The van der Waals surface area contributed by atoms with Crippen molar-refractivity contribution >= 4 is 44.3 Å². The Kier molecular flexibility index (Phi) is 5.01. The molecule has 2 N–H and O–H groups in total. The van der Waals surface area contributed by atoms with Gasteiger partial charge in [-0.3, -0.25) is 4.79 Å². The van der Waals surface area contributed by atoms with Crippen LogP contribution < -0.4 is 5.32 Å². The maximum absolute atomic E-state index is 12.6. The van der Waals surface area contributed by atoms with Crippen molar-refractivity contribution in [3.63, 3.8) is 0 Å². The molecule has 2 aromatic heterocycles. The van der Waals surface area contributed by atoms with Crippen LogP contribution in [-0.4, -0.2) is 20.4 Å². The summed E-state index contributed by atoms with van der Waals surface area (Å²) in [6, 6.07) is 13.5. The Morgan fingerprint density at radius 2 is 2.04 bits per heavy atom. The third-order valence-corrected chi connectivity index (χ3v) is 5.24. The van der Waals surface area contributed by atoms with Crippen LogP contribution >= 0.6 is 27.5 Å². The average Bonchev–Trinajstić information content (AvgIpc) is 3.30. The zero-order valence-corrected chi connectivity index (χ0v) is 16.6. The Morgan fingerprint density at radius 1 is 1.22 bits per heavy atom. The summed E-state index contributed by atoms with van der Waals surface area (Å²) in [5.41, 5.74) is 3.53. The maximum atomic E-state index is 12.6. The van der Waals surface area contributed by atoms with E-state index in [1.54, 1.807) is 18.6 Å². The smallest absolute Gasteiger partial charge is 0.267 e. The number of carbonyl (C=O) groups excluding carboxylic acids is 1. The topological polar surface area (TPSA) is 62.7 Å². The van der Waals surface area contributed by atoms with Crippen LogP contribution in [0.25, 0.3) is 10.9 Å². The molecule has 5 nitrogen and oxygen atoms in total. The molecule has 4 rings (SSSR count). The Bertz CT molecular complexity index is 1100. The zero-order chi connectivity index (χ0) is 18.8. The molecular weight excluding hydrogens is 428 g/mol. The molecule has 0 atom stereocenters. The number of imidazole rings is 1. The van der Waals surface area contributed by atoms with Gasteiger partial charge in [0.05, 0.1) is 6.33 Å². The first-order chi connectivity index (χ1) is 13.1. The number of amides is 1. The van der Waals surface area contributed by atoms with Crippen molar-refractivity contribution in [3.8, 4) is 0 Å². The Hall–Kier alpha value is -2.57. The minimum absolute atomic E-state index is 0.161. The van der Waals surface area contributed by atoms with Gasteiger partial charge in [0.1, 0.15) is 5.69 Å². The normalized spacial score (nSPS) is 11.0. The van der Waals surface area contributed by atoms with E-state index in [1.165, 1.54) is 0 Å². The molecule has 0 saturated heterocycles. The van der Waals surface area contributed by atoms with Crippen LogP contribution in [0.2, 0.25) is 5.02 Å². The van der Waals surface area contributed by atoms with Crippen molar-refractivity contribution in [3.05, 3.63) is 87.5 Å². The highest BCUT2D eigenvalue weighted by Gasteiger charge is 2.12. The molecule has 0 aliphatic heterocycles. The van der Waals surface area contributed by atoms with Gasteiger partial charge < -0.3 is 14.9 Å². The number of aromatic amines is 1. The number of carbonyl (C=O) groups is 1. The summed E-state index contributed by atoms with van der Waals surface area (Å²) in [4.78, 5) is 19.8. The monoisotopic (exact) mass is 442 g/mol. The molecule has 0 aliphatic rings. The largest absolute Gasteiger partial charge is 0.350 e. The second kappa shape index (κ2) is 7.58. The minimum atomic E-state index is -0.161. The lowest BCUT2D eigenvalue weighted by Gasteiger charge is -2.11. The standard InChI is InChI=1S/C20H16BrClN4O/c21-17-7-15(22)8-18-16(17)9-19(25-18)20(27)24-10-13-3-1-2-4-14(13)11-26-6-5-23-12-26/h1-9,12,25H,10-11H2,(H,24,27). The van der Waals surface area contributed by atoms with Crippen molar-refractivity contribution in [2.24, 2.45) is 0 Å². The molecule has 27 heavy (non-hydrogen) atoms. The van der Waals surface area contributed by atoms with E-state index in [-0.39, 0.29) is 5.91 Å². The molecule has 2 aromatic carbocycles. The summed E-state index contributed by atoms with van der Waals surface area (Å²) in [7, 11) is 0. The van der Waals surface area contributed by atoms with E-state index in [0.717, 1.165) is 26.5 Å². The third-order valence-electron chi connectivity index (χ3n) is 4.37. The molecule has 4 aromatic rings. The summed E-state index contributed by atoms with van der Waals surface area (Å²) in [5.74, 6) is -0.161. The number of hydrogen-bond donors (Lipinski definition) is 2. The van der Waals surface area contributed by atoms with Gasteiger partial charge in [-0.2, -0.15) is 0 Å². The molecule has 0 spiro atoms. The van der Waals surface area contributed by atoms with Crippen LogP contribution in [0.1, 0.15) is 21.6 Å². The van der Waals surface area contributed by atoms with E-state index >= 15 is 0 Å². The van der Waals surface area contributed by atoms with Crippen LogP contribution in [0, 0.1) is 0 Å². The molecular formula is C20H16BrClN4O. The van der Waals surface area contributed by atoms with Crippen molar-refractivity contribution in [2.75, 3.05) is 0 Å². The molecule has 7 heteroatoms. The summed E-state index contributed by atoms with van der Waals surface area (Å²) < 4.78 is 2.85. The Morgan fingerprint density at radius 3 is 2.81 bits per heavy atom. The number of nitrogens with zero attached hydrogens (tertiary/aromatic N) is 2. The van der Waals surface area contributed by atoms with Crippen LogP contribution in [0.15, 0.2) is 65.7 Å². The van der Waals surface area contributed by atoms with Gasteiger partial charge in [-0.05, 0) is 29.3 Å². The van der Waals surface area contributed by atoms with Gasteiger partial charge in [0.2, 0.25) is 0 Å². The fraction of sp³-hybridized carbons (Fsp3) is 0.100. The average molecular weight is 444 g/mol. The van der Waals surface area contributed by atoms with Gasteiger partial charge in [-0.1, -0.05) is 51.8 Å². The first kappa shape index (κ1) is 17.8. The zero-order valence-electron chi connectivity index (χ0n) is 14.2. The molecule has 0 fully saturated rings.